The van der Waals surface area contributed by atoms with Crippen molar-refractivity contribution >= 4 is 5.78 Å². The second-order valence-corrected chi connectivity index (χ2v) is 5.89. The molecule has 0 heterocycles. The summed E-state index contributed by atoms with van der Waals surface area (Å²) in [5.74, 6) is 1.88. The first-order chi connectivity index (χ1) is 13.1. The van der Waals surface area contributed by atoms with Gasteiger partial charge in [0.1, 0.15) is 11.5 Å². The molecule has 27 heavy (non-hydrogen) atoms. The number of carbonyl (C=O) groups excluding carboxylic acids is 1. The Morgan fingerprint density at radius 3 is 2.19 bits per heavy atom. The largest absolute Gasteiger partial charge is 0.504 e. The molecule has 0 saturated carbocycles. The topological polar surface area (TPSA) is 65.0 Å². The van der Waals surface area contributed by atoms with Crippen LogP contribution >= 0.6 is 0 Å². The number of carbonyl (C=O) groups is 1. The lowest BCUT2D eigenvalue weighted by Crippen LogP contribution is -2.04. The number of phenols is 1. The van der Waals surface area contributed by atoms with Crippen LogP contribution in [0.25, 0.3) is 0 Å². The Morgan fingerprint density at radius 2 is 1.56 bits per heavy atom. The minimum atomic E-state index is -0.0760. The molecule has 0 aliphatic heterocycles. The third-order valence-corrected chi connectivity index (χ3v) is 4.04. The Labute approximate surface area is 157 Å². The van der Waals surface area contributed by atoms with Crippen molar-refractivity contribution in [1.82, 2.24) is 0 Å². The van der Waals surface area contributed by atoms with Crippen LogP contribution < -0.4 is 14.2 Å². The van der Waals surface area contributed by atoms with Gasteiger partial charge in [0.25, 0.3) is 0 Å². The molecule has 0 aliphatic rings. The number of hydrogen-bond donors (Lipinski definition) is 1. The number of ether oxygens (including phenoxy) is 3. The van der Waals surface area contributed by atoms with Crippen LogP contribution in [0.4, 0.5) is 0 Å². The van der Waals surface area contributed by atoms with Gasteiger partial charge in [-0.15, -0.1) is 0 Å². The van der Waals surface area contributed by atoms with Crippen molar-refractivity contribution in [3.05, 3.63) is 77.9 Å². The number of phenolic OH excluding ortho intramolecular Hbond substituents is 1. The monoisotopic (exact) mass is 364 g/mol. The van der Waals surface area contributed by atoms with E-state index in [4.69, 9.17) is 14.2 Å². The number of rotatable bonds is 7. The lowest BCUT2D eigenvalue weighted by atomic mass is 10.0. The minimum Gasteiger partial charge on any atom is -0.504 e. The van der Waals surface area contributed by atoms with E-state index in [1.54, 1.807) is 30.3 Å². The minimum absolute atomic E-state index is 0.0636. The maximum absolute atomic E-state index is 12.6. The molecule has 0 aliphatic carbocycles. The molecule has 3 aromatic carbocycles. The molecule has 0 aromatic heterocycles. The summed E-state index contributed by atoms with van der Waals surface area (Å²) in [6.07, 6.45) is 0.132. The highest BCUT2D eigenvalue weighted by atomic mass is 16.5. The molecular formula is C22H20O5. The van der Waals surface area contributed by atoms with Crippen molar-refractivity contribution < 1.29 is 24.1 Å². The van der Waals surface area contributed by atoms with Crippen LogP contribution in [0.3, 0.4) is 0 Å². The quantitative estimate of drug-likeness (QED) is 0.619. The highest BCUT2D eigenvalue weighted by Gasteiger charge is 2.14. The van der Waals surface area contributed by atoms with Gasteiger partial charge in [-0.1, -0.05) is 18.2 Å². The summed E-state index contributed by atoms with van der Waals surface area (Å²) < 4.78 is 16.0. The zero-order chi connectivity index (χ0) is 19.2. The second kappa shape index (κ2) is 8.27. The Hall–Kier alpha value is -3.47. The first kappa shape index (κ1) is 18.3. The molecule has 0 atom stereocenters. The molecule has 0 amide bonds. The zero-order valence-corrected chi connectivity index (χ0v) is 15.1. The highest BCUT2D eigenvalue weighted by Crippen LogP contribution is 2.37. The van der Waals surface area contributed by atoms with E-state index in [0.29, 0.717) is 22.6 Å². The number of methoxy groups -OCH3 is 2. The van der Waals surface area contributed by atoms with E-state index in [1.165, 1.54) is 20.3 Å². The average molecular weight is 364 g/mol. The summed E-state index contributed by atoms with van der Waals surface area (Å²) in [7, 11) is 2.93. The van der Waals surface area contributed by atoms with Gasteiger partial charge in [-0.05, 0) is 54.1 Å². The van der Waals surface area contributed by atoms with E-state index < -0.39 is 0 Å². The number of para-hydroxylation sites is 1. The molecule has 5 nitrogen and oxygen atoms in total. The van der Waals surface area contributed by atoms with Crippen molar-refractivity contribution in [1.29, 1.82) is 0 Å². The fourth-order valence-corrected chi connectivity index (χ4v) is 2.72. The van der Waals surface area contributed by atoms with Gasteiger partial charge in [0.15, 0.2) is 17.3 Å². The van der Waals surface area contributed by atoms with E-state index in [-0.39, 0.29) is 23.7 Å². The predicted octanol–water partition coefficient (Wildman–Crippen LogP) is 4.63. The van der Waals surface area contributed by atoms with Gasteiger partial charge in [-0.2, -0.15) is 0 Å². The van der Waals surface area contributed by atoms with Gasteiger partial charge in [-0.25, -0.2) is 0 Å². The molecular weight excluding hydrogens is 344 g/mol. The molecule has 0 unspecified atom stereocenters. The van der Waals surface area contributed by atoms with Crippen LogP contribution in [0.15, 0.2) is 66.7 Å². The smallest absolute Gasteiger partial charge is 0.203 e. The third-order valence-electron chi connectivity index (χ3n) is 4.04. The molecule has 3 aromatic rings. The van der Waals surface area contributed by atoms with Gasteiger partial charge in [-0.3, -0.25) is 4.79 Å². The molecule has 138 valence electrons. The molecule has 1 N–H and O–H groups in total. The van der Waals surface area contributed by atoms with Crippen LogP contribution in [-0.4, -0.2) is 25.1 Å². The van der Waals surface area contributed by atoms with E-state index in [2.05, 4.69) is 0 Å². The standard InChI is InChI=1S/C22H20O5/c1-25-21-14-15(13-20(24)22(21)26-2)12-19(23)16-8-10-18(11-9-16)27-17-6-4-3-5-7-17/h3-11,13-14,24H,12H2,1-2H3. The zero-order valence-electron chi connectivity index (χ0n) is 15.1. The molecule has 0 spiro atoms. The van der Waals surface area contributed by atoms with Crippen LogP contribution in [0.5, 0.6) is 28.7 Å². The summed E-state index contributed by atoms with van der Waals surface area (Å²) in [5, 5.41) is 10.0. The van der Waals surface area contributed by atoms with Gasteiger partial charge in [0, 0.05) is 12.0 Å². The van der Waals surface area contributed by atoms with Crippen molar-refractivity contribution in [2.45, 2.75) is 6.42 Å². The van der Waals surface area contributed by atoms with Crippen LogP contribution in [0.1, 0.15) is 15.9 Å². The van der Waals surface area contributed by atoms with Gasteiger partial charge < -0.3 is 19.3 Å². The van der Waals surface area contributed by atoms with Gasteiger partial charge in [0.05, 0.1) is 14.2 Å². The third kappa shape index (κ3) is 4.39. The Morgan fingerprint density at radius 1 is 0.889 bits per heavy atom. The van der Waals surface area contributed by atoms with E-state index in [1.807, 2.05) is 30.3 Å². The van der Waals surface area contributed by atoms with Gasteiger partial charge >= 0.3 is 0 Å². The molecule has 0 radical (unpaired) electrons. The molecule has 3 rings (SSSR count). The molecule has 0 bridgehead atoms. The van der Waals surface area contributed by atoms with Crippen molar-refractivity contribution in [3.63, 3.8) is 0 Å². The van der Waals surface area contributed by atoms with E-state index in [9.17, 15) is 9.90 Å². The number of aromatic hydroxyl groups is 1. The van der Waals surface area contributed by atoms with E-state index in [0.717, 1.165) is 5.75 Å². The van der Waals surface area contributed by atoms with Crippen molar-refractivity contribution in [2.24, 2.45) is 0 Å². The van der Waals surface area contributed by atoms with Crippen LogP contribution in [0, 0.1) is 0 Å². The van der Waals surface area contributed by atoms with Crippen molar-refractivity contribution in [3.8, 4) is 28.7 Å². The second-order valence-electron chi connectivity index (χ2n) is 5.89. The highest BCUT2D eigenvalue weighted by molar-refractivity contribution is 5.97. The Bertz CT molecular complexity index is 917. The number of hydrogen-bond acceptors (Lipinski definition) is 5. The summed E-state index contributed by atoms with van der Waals surface area (Å²) in [4.78, 5) is 12.6. The first-order valence-electron chi connectivity index (χ1n) is 8.40. The molecule has 5 heteroatoms. The molecule has 0 fully saturated rings. The van der Waals surface area contributed by atoms with Crippen LogP contribution in [-0.2, 0) is 6.42 Å². The Kier molecular flexibility index (Phi) is 5.61. The fourth-order valence-electron chi connectivity index (χ4n) is 2.72. The normalized spacial score (nSPS) is 10.3. The fraction of sp³-hybridized carbons (Fsp3) is 0.136. The SMILES string of the molecule is COc1cc(CC(=O)c2ccc(Oc3ccccc3)cc2)cc(O)c1OC. The van der Waals surface area contributed by atoms with E-state index >= 15 is 0 Å². The number of Topliss-reactive ketones (excluding diaryl/α,β-unsaturated/α-hetero) is 1. The lowest BCUT2D eigenvalue weighted by molar-refractivity contribution is 0.0993. The maximum atomic E-state index is 12.6. The Balaban J connectivity index is 1.72. The average Bonchev–Trinajstić information content (AvgIpc) is 2.68. The summed E-state index contributed by atoms with van der Waals surface area (Å²) in [5.41, 5.74) is 1.20. The van der Waals surface area contributed by atoms with Crippen LogP contribution in [0.2, 0.25) is 0 Å². The van der Waals surface area contributed by atoms with Crippen molar-refractivity contribution in [2.75, 3.05) is 14.2 Å². The summed E-state index contributed by atoms with van der Waals surface area (Å²) in [6, 6.07) is 19.6. The summed E-state index contributed by atoms with van der Waals surface area (Å²) >= 11 is 0. The van der Waals surface area contributed by atoms with Gasteiger partial charge in [0.2, 0.25) is 5.75 Å². The number of benzene rings is 3. The first-order valence-corrected chi connectivity index (χ1v) is 8.40. The summed E-state index contributed by atoms with van der Waals surface area (Å²) in [6.45, 7) is 0. The lowest BCUT2D eigenvalue weighted by Gasteiger charge is -2.11. The maximum Gasteiger partial charge on any atom is 0.203 e. The predicted molar refractivity (Wildman–Crippen MR) is 102 cm³/mol. The molecule has 0 saturated heterocycles. The number of ketones is 1.